The zero-order chi connectivity index (χ0) is 15.4. The van der Waals surface area contributed by atoms with Crippen LogP contribution in [0.1, 0.15) is 10.5 Å². The average molecular weight is 282 g/mol. The maximum atomic E-state index is 11.7. The van der Waals surface area contributed by atoms with Gasteiger partial charge in [-0.25, -0.2) is 4.79 Å². The molecule has 0 atom stereocenters. The van der Waals surface area contributed by atoms with E-state index in [-0.39, 0.29) is 11.4 Å². The summed E-state index contributed by atoms with van der Waals surface area (Å²) >= 11 is 0. The Morgan fingerprint density at radius 2 is 2.14 bits per heavy atom. The van der Waals surface area contributed by atoms with E-state index in [9.17, 15) is 4.79 Å². The van der Waals surface area contributed by atoms with Gasteiger partial charge in [-0.2, -0.15) is 20.7 Å². The van der Waals surface area contributed by atoms with Crippen LogP contribution in [-0.4, -0.2) is 28.6 Å². The fourth-order valence-electron chi connectivity index (χ4n) is 1.78. The topological polar surface area (TPSA) is 116 Å². The molecule has 2 rings (SSSR count). The van der Waals surface area contributed by atoms with E-state index < -0.39 is 5.97 Å². The predicted molar refractivity (Wildman–Crippen MR) is 74.3 cm³/mol. The summed E-state index contributed by atoms with van der Waals surface area (Å²) in [6, 6.07) is 8.36. The van der Waals surface area contributed by atoms with Crippen molar-refractivity contribution in [1.82, 2.24) is 9.78 Å². The minimum absolute atomic E-state index is 0.184. The molecule has 21 heavy (non-hydrogen) atoms. The van der Waals surface area contributed by atoms with Gasteiger partial charge in [-0.1, -0.05) is 0 Å². The number of nitriles is 2. The van der Waals surface area contributed by atoms with Crippen molar-refractivity contribution in [3.8, 4) is 12.1 Å². The van der Waals surface area contributed by atoms with Crippen LogP contribution < -0.4 is 5.43 Å². The zero-order valence-electron chi connectivity index (χ0n) is 11.3. The lowest BCUT2D eigenvalue weighted by Crippen LogP contribution is -2.03. The van der Waals surface area contributed by atoms with Crippen LogP contribution in [0.15, 0.2) is 23.3 Å². The van der Waals surface area contributed by atoms with E-state index in [1.54, 1.807) is 42.1 Å². The number of benzene rings is 1. The number of nitrogens with zero attached hydrogens (tertiary/aromatic N) is 5. The second-order valence-electron chi connectivity index (χ2n) is 3.99. The molecule has 0 bridgehead atoms. The van der Waals surface area contributed by atoms with Gasteiger partial charge >= 0.3 is 5.97 Å². The molecule has 0 aliphatic heterocycles. The van der Waals surface area contributed by atoms with Crippen molar-refractivity contribution in [3.63, 3.8) is 0 Å². The van der Waals surface area contributed by atoms with Gasteiger partial charge < -0.3 is 4.74 Å². The van der Waals surface area contributed by atoms with Gasteiger partial charge in [-0.3, -0.25) is 10.1 Å². The third-order valence-corrected chi connectivity index (χ3v) is 2.74. The lowest BCUT2D eigenvalue weighted by Gasteiger charge is -2.01. The molecule has 1 heterocycles. The van der Waals surface area contributed by atoms with Gasteiger partial charge in [-0.05, 0) is 18.2 Å². The van der Waals surface area contributed by atoms with E-state index in [0.29, 0.717) is 11.1 Å². The Morgan fingerprint density at radius 1 is 1.43 bits per heavy atom. The van der Waals surface area contributed by atoms with Crippen molar-refractivity contribution in [3.05, 3.63) is 23.9 Å². The Morgan fingerprint density at radius 3 is 2.76 bits per heavy atom. The minimum Gasteiger partial charge on any atom is -0.464 e. The van der Waals surface area contributed by atoms with Crippen LogP contribution in [0.5, 0.6) is 0 Å². The maximum Gasteiger partial charge on any atom is 0.359 e. The van der Waals surface area contributed by atoms with Crippen molar-refractivity contribution in [1.29, 1.82) is 10.5 Å². The van der Waals surface area contributed by atoms with Crippen LogP contribution in [0.4, 0.5) is 5.69 Å². The molecule has 8 nitrogen and oxygen atoms in total. The molecule has 0 amide bonds. The Kier molecular flexibility index (Phi) is 3.82. The highest BCUT2D eigenvalue weighted by Gasteiger charge is 2.16. The van der Waals surface area contributed by atoms with Gasteiger partial charge in [0, 0.05) is 12.4 Å². The first-order valence-electron chi connectivity index (χ1n) is 5.79. The number of hydrogen-bond acceptors (Lipinski definition) is 7. The number of anilines is 1. The van der Waals surface area contributed by atoms with Crippen LogP contribution in [0.3, 0.4) is 0 Å². The number of aryl methyl sites for hydroxylation is 1. The monoisotopic (exact) mass is 282 g/mol. The number of carbonyl (C=O) groups is 1. The summed E-state index contributed by atoms with van der Waals surface area (Å²) in [6.07, 6.45) is 0. The molecule has 0 radical (unpaired) electrons. The number of nitrogens with one attached hydrogen (secondary N) is 1. The molecule has 1 aromatic carbocycles. The maximum absolute atomic E-state index is 11.7. The quantitative estimate of drug-likeness (QED) is 0.513. The number of ether oxygens (including phenoxy) is 1. The van der Waals surface area contributed by atoms with Gasteiger partial charge in [0.05, 0.1) is 18.3 Å². The van der Waals surface area contributed by atoms with E-state index in [2.05, 4.69) is 20.4 Å². The number of fused-ring (bicyclic) bond motifs is 1. The van der Waals surface area contributed by atoms with Crippen molar-refractivity contribution in [2.75, 3.05) is 12.5 Å². The first-order chi connectivity index (χ1) is 10.1. The normalized spacial score (nSPS) is 9.52. The third kappa shape index (κ3) is 2.65. The van der Waals surface area contributed by atoms with Crippen LogP contribution in [0.2, 0.25) is 0 Å². The van der Waals surface area contributed by atoms with E-state index >= 15 is 0 Å². The number of hydrogen-bond donors (Lipinski definition) is 1. The summed E-state index contributed by atoms with van der Waals surface area (Å²) in [5.74, 6) is -0.545. The van der Waals surface area contributed by atoms with E-state index in [1.165, 1.54) is 7.11 Å². The summed E-state index contributed by atoms with van der Waals surface area (Å²) < 4.78 is 6.24. The SMILES string of the molecule is COC(=O)c1nn(C)c2ccc(NN=C(C#N)C#N)cc12. The van der Waals surface area contributed by atoms with E-state index in [4.69, 9.17) is 10.5 Å². The molecule has 0 saturated heterocycles. The molecule has 8 heteroatoms. The van der Waals surface area contributed by atoms with Gasteiger partial charge in [0.2, 0.25) is 5.71 Å². The highest BCUT2D eigenvalue weighted by molar-refractivity contribution is 6.10. The summed E-state index contributed by atoms with van der Waals surface area (Å²) in [5, 5.41) is 25.5. The molecule has 1 N–H and O–H groups in total. The Hall–Kier alpha value is -3.39. The fraction of sp³-hybridized carbons (Fsp3) is 0.154. The van der Waals surface area contributed by atoms with Crippen molar-refractivity contribution in [2.45, 2.75) is 0 Å². The Balaban J connectivity index is 2.46. The second kappa shape index (κ2) is 5.72. The number of methoxy groups -OCH3 is 1. The minimum atomic E-state index is -0.545. The number of aromatic nitrogens is 2. The van der Waals surface area contributed by atoms with Crippen molar-refractivity contribution < 1.29 is 9.53 Å². The molecule has 0 spiro atoms. The van der Waals surface area contributed by atoms with Crippen LogP contribution in [-0.2, 0) is 11.8 Å². The van der Waals surface area contributed by atoms with E-state index in [1.807, 2.05) is 0 Å². The number of hydrazone groups is 1. The molecule has 1 aromatic heterocycles. The molecular weight excluding hydrogens is 272 g/mol. The summed E-state index contributed by atoms with van der Waals surface area (Å²) in [7, 11) is 2.99. The largest absolute Gasteiger partial charge is 0.464 e. The summed E-state index contributed by atoms with van der Waals surface area (Å²) in [5.41, 5.74) is 3.73. The number of carbonyl (C=O) groups excluding carboxylic acids is 1. The fourth-order valence-corrected chi connectivity index (χ4v) is 1.78. The molecular formula is C13H10N6O2. The Bertz CT molecular complexity index is 806. The van der Waals surface area contributed by atoms with Gasteiger partial charge in [0.25, 0.3) is 0 Å². The molecule has 0 unspecified atom stereocenters. The highest BCUT2D eigenvalue weighted by Crippen LogP contribution is 2.22. The standard InChI is InChI=1S/C13H10N6O2/c1-19-11-4-3-8(16-17-9(6-14)7-15)5-10(11)12(18-19)13(20)21-2/h3-5,16H,1-2H3. The molecule has 0 aliphatic rings. The smallest absolute Gasteiger partial charge is 0.359 e. The second-order valence-corrected chi connectivity index (χ2v) is 3.99. The molecule has 104 valence electrons. The predicted octanol–water partition coefficient (Wildman–Crippen LogP) is 1.17. The number of rotatable bonds is 3. The first-order valence-corrected chi connectivity index (χ1v) is 5.79. The van der Waals surface area contributed by atoms with Gasteiger partial charge in [0.15, 0.2) is 5.69 Å². The van der Waals surface area contributed by atoms with Gasteiger partial charge in [-0.15, -0.1) is 0 Å². The van der Waals surface area contributed by atoms with Crippen molar-refractivity contribution >= 4 is 28.3 Å². The summed E-state index contributed by atoms with van der Waals surface area (Å²) in [6.45, 7) is 0. The van der Waals surface area contributed by atoms with Crippen LogP contribution in [0, 0.1) is 22.7 Å². The number of esters is 1. The summed E-state index contributed by atoms with van der Waals surface area (Å²) in [4.78, 5) is 11.7. The van der Waals surface area contributed by atoms with Crippen molar-refractivity contribution in [2.24, 2.45) is 12.1 Å². The lowest BCUT2D eigenvalue weighted by molar-refractivity contribution is 0.0595. The average Bonchev–Trinajstić information content (AvgIpc) is 2.84. The molecule has 0 saturated carbocycles. The highest BCUT2D eigenvalue weighted by atomic mass is 16.5. The molecule has 0 fully saturated rings. The van der Waals surface area contributed by atoms with E-state index in [0.717, 1.165) is 5.52 Å². The first kappa shape index (κ1) is 14.0. The van der Waals surface area contributed by atoms with Crippen LogP contribution >= 0.6 is 0 Å². The van der Waals surface area contributed by atoms with Gasteiger partial charge in [0.1, 0.15) is 12.1 Å². The zero-order valence-corrected chi connectivity index (χ0v) is 11.3. The molecule has 0 aliphatic carbocycles. The Labute approximate surface area is 119 Å². The third-order valence-electron chi connectivity index (χ3n) is 2.74. The molecule has 2 aromatic rings. The lowest BCUT2D eigenvalue weighted by atomic mass is 10.2. The van der Waals surface area contributed by atoms with Crippen LogP contribution in [0.25, 0.3) is 10.9 Å².